The molecule has 0 aliphatic heterocycles. The van der Waals surface area contributed by atoms with Crippen LogP contribution < -0.4 is 20.3 Å². The number of imidazole rings is 1. The molecule has 3 heterocycles. The molecule has 196 valence electrons. The molecule has 5 aromatic rings. The zero-order chi connectivity index (χ0) is 27.1. The Morgan fingerprint density at radius 3 is 2.55 bits per heavy atom. The average molecular weight is 525 g/mol. The summed E-state index contributed by atoms with van der Waals surface area (Å²) in [6.45, 7) is 1.90. The Kier molecular flexibility index (Phi) is 7.80. The number of benzene rings is 2. The van der Waals surface area contributed by atoms with Crippen molar-refractivity contribution in [3.05, 3.63) is 102 Å². The van der Waals surface area contributed by atoms with Crippen molar-refractivity contribution in [1.29, 1.82) is 0 Å². The lowest BCUT2D eigenvalue weighted by Gasteiger charge is -2.12. The first-order chi connectivity index (χ1) is 18.2. The van der Waals surface area contributed by atoms with E-state index < -0.39 is 6.36 Å². The van der Waals surface area contributed by atoms with Crippen molar-refractivity contribution >= 4 is 11.7 Å². The van der Waals surface area contributed by atoms with Crippen LogP contribution in [0.5, 0.6) is 11.5 Å². The zero-order valence-corrected chi connectivity index (χ0v) is 20.2. The van der Waals surface area contributed by atoms with Crippen molar-refractivity contribution in [2.45, 2.75) is 13.3 Å². The normalized spacial score (nSPS) is 10.9. The van der Waals surface area contributed by atoms with Gasteiger partial charge in [0.05, 0.1) is 25.3 Å². The topological polar surface area (TPSA) is 107 Å². The second-order valence-corrected chi connectivity index (χ2v) is 7.80. The molecule has 0 saturated carbocycles. The second-order valence-electron chi connectivity index (χ2n) is 7.80. The van der Waals surface area contributed by atoms with Gasteiger partial charge in [0.25, 0.3) is 6.01 Å². The van der Waals surface area contributed by atoms with Crippen LogP contribution in [0.3, 0.4) is 0 Å². The van der Waals surface area contributed by atoms with Gasteiger partial charge < -0.3 is 28.8 Å². The Hall–Kier alpha value is -5.00. The number of halogens is 3. The number of ether oxygens (including phenoxy) is 2. The van der Waals surface area contributed by atoms with Gasteiger partial charge in [0.1, 0.15) is 11.5 Å². The van der Waals surface area contributed by atoms with Gasteiger partial charge in [-0.05, 0) is 36.8 Å². The van der Waals surface area contributed by atoms with Gasteiger partial charge in [-0.3, -0.25) is 4.79 Å². The number of methoxy groups -OCH3 is 1. The van der Waals surface area contributed by atoms with Crippen LogP contribution in [0.15, 0.2) is 94.9 Å². The summed E-state index contributed by atoms with van der Waals surface area (Å²) in [5, 5.41) is 3.05. The second kappa shape index (κ2) is 11.4. The molecule has 0 fully saturated rings. The number of alkyl halides is 3. The number of aromatic amines is 1. The third-order valence-corrected chi connectivity index (χ3v) is 5.08. The molecule has 0 aliphatic rings. The van der Waals surface area contributed by atoms with Gasteiger partial charge in [0.2, 0.25) is 5.56 Å². The molecule has 0 atom stereocenters. The zero-order valence-electron chi connectivity index (χ0n) is 20.2. The summed E-state index contributed by atoms with van der Waals surface area (Å²) in [7, 11) is 1.56. The summed E-state index contributed by atoms with van der Waals surface area (Å²) in [6, 6.07) is 14.7. The minimum atomic E-state index is -4.83. The fraction of sp³-hybridized carbons (Fsp3) is 0.115. The van der Waals surface area contributed by atoms with E-state index in [0.717, 1.165) is 11.3 Å². The summed E-state index contributed by atoms with van der Waals surface area (Å²) in [6.07, 6.45) is 2.78. The van der Waals surface area contributed by atoms with E-state index >= 15 is 0 Å². The number of oxazole rings is 1. The van der Waals surface area contributed by atoms with Crippen LogP contribution in [0.4, 0.5) is 24.9 Å². The van der Waals surface area contributed by atoms with Crippen LogP contribution in [0.1, 0.15) is 5.56 Å². The van der Waals surface area contributed by atoms with Gasteiger partial charge in [-0.1, -0.05) is 12.1 Å². The molecule has 0 amide bonds. The first-order valence-corrected chi connectivity index (χ1v) is 11.1. The van der Waals surface area contributed by atoms with Crippen molar-refractivity contribution < 1.29 is 27.1 Å². The number of rotatable bonds is 6. The minimum Gasteiger partial charge on any atom is -0.497 e. The Labute approximate surface area is 214 Å². The number of hydrogen-bond acceptors (Lipinski definition) is 7. The van der Waals surface area contributed by atoms with E-state index in [-0.39, 0.29) is 23.1 Å². The molecule has 2 N–H and O–H groups in total. The van der Waals surface area contributed by atoms with Crippen molar-refractivity contribution in [2.75, 3.05) is 12.4 Å². The molecular formula is C26H22F3N5O4. The minimum absolute atomic E-state index is 0.0532. The highest BCUT2D eigenvalue weighted by Gasteiger charge is 2.31. The summed E-state index contributed by atoms with van der Waals surface area (Å²) in [4.78, 5) is 20.8. The van der Waals surface area contributed by atoms with Gasteiger partial charge in [-0.15, -0.1) is 13.2 Å². The Balaban J connectivity index is 0.000000417. The van der Waals surface area contributed by atoms with E-state index in [1.54, 1.807) is 48.3 Å². The smallest absolute Gasteiger partial charge is 0.497 e. The molecular weight excluding hydrogens is 503 g/mol. The average Bonchev–Trinajstić information content (AvgIpc) is 3.58. The molecule has 0 radical (unpaired) electrons. The lowest BCUT2D eigenvalue weighted by molar-refractivity contribution is -0.274. The highest BCUT2D eigenvalue weighted by atomic mass is 19.4. The maximum absolute atomic E-state index is 12.8. The monoisotopic (exact) mass is 525 g/mol. The molecule has 0 aliphatic carbocycles. The highest BCUT2D eigenvalue weighted by Crippen LogP contribution is 2.33. The van der Waals surface area contributed by atoms with Crippen molar-refractivity contribution in [2.24, 2.45) is 0 Å². The SMILES string of the molecule is COc1ccc(C)c(Nc2ncc(-c3cc(OC(F)(F)F)cc(-n4ccnc4)c3)o2)c1.O=c1cccc[nH]1. The first-order valence-electron chi connectivity index (χ1n) is 11.1. The summed E-state index contributed by atoms with van der Waals surface area (Å²) in [5.74, 6) is 0.530. The quantitative estimate of drug-likeness (QED) is 0.286. The molecule has 5 rings (SSSR count). The Morgan fingerprint density at radius 1 is 1.08 bits per heavy atom. The van der Waals surface area contributed by atoms with Gasteiger partial charge in [-0.2, -0.15) is 0 Å². The van der Waals surface area contributed by atoms with E-state index in [9.17, 15) is 18.0 Å². The number of anilines is 2. The number of aromatic nitrogens is 4. The maximum Gasteiger partial charge on any atom is 0.573 e. The molecule has 0 unspecified atom stereocenters. The molecule has 12 heteroatoms. The third kappa shape index (κ3) is 7.03. The van der Waals surface area contributed by atoms with E-state index in [1.807, 2.05) is 19.1 Å². The molecule has 3 aromatic heterocycles. The number of pyridine rings is 1. The lowest BCUT2D eigenvalue weighted by atomic mass is 10.1. The van der Waals surface area contributed by atoms with Crippen LogP contribution in [-0.4, -0.2) is 33.0 Å². The number of aryl methyl sites for hydroxylation is 1. The van der Waals surface area contributed by atoms with Crippen molar-refractivity contribution in [1.82, 2.24) is 19.5 Å². The van der Waals surface area contributed by atoms with Gasteiger partial charge in [0.15, 0.2) is 5.76 Å². The molecule has 38 heavy (non-hydrogen) atoms. The van der Waals surface area contributed by atoms with Gasteiger partial charge in [-0.25, -0.2) is 9.97 Å². The predicted octanol–water partition coefficient (Wildman–Crippen LogP) is 5.86. The lowest BCUT2D eigenvalue weighted by Crippen LogP contribution is -2.17. The standard InChI is InChI=1S/C21H17F3N4O3.C5H5NO/c1-13-3-4-16(29-2)10-18(13)27-20-26-11-19(30-20)14-7-15(28-6-5-25-12-28)9-17(8-14)31-21(22,23)24;7-5-3-1-2-4-6-5/h3-12H,1-2H3,(H,26,27);1-4H,(H,6,7). The van der Waals surface area contributed by atoms with E-state index in [2.05, 4.69) is 25.0 Å². The summed E-state index contributed by atoms with van der Waals surface area (Å²) in [5.41, 5.74) is 2.38. The summed E-state index contributed by atoms with van der Waals surface area (Å²) >= 11 is 0. The highest BCUT2D eigenvalue weighted by molar-refractivity contribution is 5.66. The largest absolute Gasteiger partial charge is 0.573 e. The van der Waals surface area contributed by atoms with Crippen LogP contribution in [0.2, 0.25) is 0 Å². The number of nitrogens with one attached hydrogen (secondary N) is 2. The molecule has 9 nitrogen and oxygen atoms in total. The predicted molar refractivity (Wildman–Crippen MR) is 134 cm³/mol. The molecule has 2 aromatic carbocycles. The fourth-order valence-corrected chi connectivity index (χ4v) is 3.30. The maximum atomic E-state index is 12.8. The van der Waals surface area contributed by atoms with Gasteiger partial charge in [0, 0.05) is 48.0 Å². The summed E-state index contributed by atoms with van der Waals surface area (Å²) < 4.78 is 55.0. The number of nitrogens with zero attached hydrogens (tertiary/aromatic N) is 3. The third-order valence-electron chi connectivity index (χ3n) is 5.08. The van der Waals surface area contributed by atoms with E-state index in [1.165, 1.54) is 36.9 Å². The number of H-pyrrole nitrogens is 1. The Morgan fingerprint density at radius 2 is 1.92 bits per heavy atom. The van der Waals surface area contributed by atoms with Crippen LogP contribution in [0, 0.1) is 6.92 Å². The van der Waals surface area contributed by atoms with Crippen LogP contribution in [0.25, 0.3) is 17.0 Å². The van der Waals surface area contributed by atoms with E-state index in [4.69, 9.17) is 9.15 Å². The molecule has 0 saturated heterocycles. The van der Waals surface area contributed by atoms with Gasteiger partial charge >= 0.3 is 6.36 Å². The number of hydrogen-bond donors (Lipinski definition) is 2. The molecule has 0 bridgehead atoms. The fourth-order valence-electron chi connectivity index (χ4n) is 3.30. The molecule has 0 spiro atoms. The van der Waals surface area contributed by atoms with E-state index in [0.29, 0.717) is 17.0 Å². The van der Waals surface area contributed by atoms with Crippen LogP contribution in [-0.2, 0) is 0 Å². The van der Waals surface area contributed by atoms with Crippen molar-refractivity contribution in [3.8, 4) is 28.5 Å². The Bertz CT molecular complexity index is 1530. The first kappa shape index (κ1) is 26.1. The van der Waals surface area contributed by atoms with Crippen molar-refractivity contribution in [3.63, 3.8) is 0 Å². The van der Waals surface area contributed by atoms with Crippen LogP contribution >= 0.6 is 0 Å².